The number of hydrogen-bond donors (Lipinski definition) is 1. The van der Waals surface area contributed by atoms with Crippen LogP contribution in [0.15, 0.2) is 41.2 Å². The fourth-order valence-electron chi connectivity index (χ4n) is 1.34. The molecular formula is C12H9ClFNO2. The van der Waals surface area contributed by atoms with E-state index in [-0.39, 0.29) is 17.1 Å². The molecule has 17 heavy (non-hydrogen) atoms. The summed E-state index contributed by atoms with van der Waals surface area (Å²) in [4.78, 5) is 11.6. The van der Waals surface area contributed by atoms with Crippen molar-refractivity contribution in [1.82, 2.24) is 5.32 Å². The molecule has 0 unspecified atom stereocenters. The number of carbonyl (C=O) groups is 1. The van der Waals surface area contributed by atoms with Crippen molar-refractivity contribution in [3.8, 4) is 0 Å². The van der Waals surface area contributed by atoms with Crippen LogP contribution in [0.2, 0.25) is 5.02 Å². The number of benzene rings is 1. The second kappa shape index (κ2) is 5.01. The quantitative estimate of drug-likeness (QED) is 0.914. The van der Waals surface area contributed by atoms with Crippen molar-refractivity contribution in [3.05, 3.63) is 58.8 Å². The van der Waals surface area contributed by atoms with Crippen LogP contribution in [-0.2, 0) is 6.54 Å². The average molecular weight is 254 g/mol. The summed E-state index contributed by atoms with van der Waals surface area (Å²) in [5, 5.41) is 2.84. The first-order valence-electron chi connectivity index (χ1n) is 4.91. The van der Waals surface area contributed by atoms with Gasteiger partial charge in [-0.2, -0.15) is 0 Å². The van der Waals surface area contributed by atoms with Gasteiger partial charge in [-0.25, -0.2) is 4.39 Å². The fourth-order valence-corrected chi connectivity index (χ4v) is 1.50. The van der Waals surface area contributed by atoms with Gasteiger partial charge in [0.25, 0.3) is 5.91 Å². The van der Waals surface area contributed by atoms with Gasteiger partial charge < -0.3 is 9.73 Å². The molecule has 5 heteroatoms. The van der Waals surface area contributed by atoms with Gasteiger partial charge >= 0.3 is 0 Å². The molecular weight excluding hydrogens is 245 g/mol. The average Bonchev–Trinajstić information content (AvgIpc) is 2.78. The van der Waals surface area contributed by atoms with Crippen LogP contribution in [0.25, 0.3) is 0 Å². The Balaban J connectivity index is 2.04. The third kappa shape index (κ3) is 2.85. The van der Waals surface area contributed by atoms with Crippen molar-refractivity contribution in [1.29, 1.82) is 0 Å². The van der Waals surface area contributed by atoms with Crippen molar-refractivity contribution in [2.45, 2.75) is 6.54 Å². The van der Waals surface area contributed by atoms with Gasteiger partial charge in [-0.15, -0.1) is 0 Å². The largest absolute Gasteiger partial charge is 0.472 e. The topological polar surface area (TPSA) is 42.2 Å². The minimum Gasteiger partial charge on any atom is -0.472 e. The highest BCUT2D eigenvalue weighted by Gasteiger charge is 2.11. The molecule has 0 fully saturated rings. The Bertz CT molecular complexity index is 525. The van der Waals surface area contributed by atoms with Crippen molar-refractivity contribution < 1.29 is 13.6 Å². The van der Waals surface area contributed by atoms with Gasteiger partial charge in [-0.1, -0.05) is 11.6 Å². The summed E-state index contributed by atoms with van der Waals surface area (Å²) in [6, 6.07) is 5.65. The predicted octanol–water partition coefficient (Wildman–Crippen LogP) is 3.00. The van der Waals surface area contributed by atoms with Gasteiger partial charge in [0.05, 0.1) is 18.1 Å². The fraction of sp³-hybridized carbons (Fsp3) is 0.0833. The van der Waals surface area contributed by atoms with E-state index in [1.165, 1.54) is 24.7 Å². The molecule has 0 radical (unpaired) electrons. The molecule has 0 atom stereocenters. The Labute approximate surface area is 102 Å². The maximum atomic E-state index is 13.4. The highest BCUT2D eigenvalue weighted by atomic mass is 35.5. The molecule has 0 bridgehead atoms. The van der Waals surface area contributed by atoms with Crippen LogP contribution in [0, 0.1) is 5.82 Å². The zero-order chi connectivity index (χ0) is 12.3. The van der Waals surface area contributed by atoms with Crippen LogP contribution in [-0.4, -0.2) is 5.91 Å². The minimum atomic E-state index is -0.637. The van der Waals surface area contributed by atoms with Crippen LogP contribution >= 0.6 is 11.6 Å². The molecule has 0 saturated carbocycles. The van der Waals surface area contributed by atoms with E-state index >= 15 is 0 Å². The van der Waals surface area contributed by atoms with Crippen LogP contribution in [0.3, 0.4) is 0 Å². The number of rotatable bonds is 3. The molecule has 88 valence electrons. The first-order valence-corrected chi connectivity index (χ1v) is 5.29. The SMILES string of the molecule is O=C(NCc1ccoc1)c1ccc(Cl)cc1F. The molecule has 2 aromatic rings. The van der Waals surface area contributed by atoms with Crippen molar-refractivity contribution in [2.75, 3.05) is 0 Å². The van der Waals surface area contributed by atoms with Gasteiger partial charge in [-0.3, -0.25) is 4.79 Å². The lowest BCUT2D eigenvalue weighted by atomic mass is 10.2. The Morgan fingerprint density at radius 2 is 2.24 bits per heavy atom. The lowest BCUT2D eigenvalue weighted by Gasteiger charge is -2.04. The van der Waals surface area contributed by atoms with E-state index in [4.69, 9.17) is 16.0 Å². The monoisotopic (exact) mass is 253 g/mol. The van der Waals surface area contributed by atoms with Crippen LogP contribution in [0.4, 0.5) is 4.39 Å². The van der Waals surface area contributed by atoms with Gasteiger partial charge in [0.2, 0.25) is 0 Å². The Morgan fingerprint density at radius 1 is 1.41 bits per heavy atom. The normalized spacial score (nSPS) is 10.2. The van der Waals surface area contributed by atoms with E-state index in [0.717, 1.165) is 11.6 Å². The second-order valence-electron chi connectivity index (χ2n) is 3.44. The Kier molecular flexibility index (Phi) is 3.44. The molecule has 0 aliphatic rings. The van der Waals surface area contributed by atoms with Gasteiger partial charge in [-0.05, 0) is 24.3 Å². The zero-order valence-electron chi connectivity index (χ0n) is 8.74. The molecule has 2 rings (SSSR count). The predicted molar refractivity (Wildman–Crippen MR) is 61.3 cm³/mol. The van der Waals surface area contributed by atoms with Gasteiger partial charge in [0, 0.05) is 17.1 Å². The lowest BCUT2D eigenvalue weighted by Crippen LogP contribution is -2.23. The molecule has 0 aliphatic heterocycles. The van der Waals surface area contributed by atoms with E-state index in [2.05, 4.69) is 5.32 Å². The van der Waals surface area contributed by atoms with Crippen molar-refractivity contribution in [3.63, 3.8) is 0 Å². The summed E-state index contributed by atoms with van der Waals surface area (Å²) in [6.45, 7) is 0.289. The summed E-state index contributed by atoms with van der Waals surface area (Å²) < 4.78 is 18.3. The number of nitrogens with one attached hydrogen (secondary N) is 1. The standard InChI is InChI=1S/C12H9ClFNO2/c13-9-1-2-10(11(14)5-9)12(16)15-6-8-3-4-17-7-8/h1-5,7H,6H2,(H,15,16). The minimum absolute atomic E-state index is 0.0297. The number of hydrogen-bond acceptors (Lipinski definition) is 2. The summed E-state index contributed by atoms with van der Waals surface area (Å²) in [5.74, 6) is -1.12. The van der Waals surface area contributed by atoms with E-state index in [1.807, 2.05) is 0 Å². The lowest BCUT2D eigenvalue weighted by molar-refractivity contribution is 0.0947. The van der Waals surface area contributed by atoms with E-state index in [0.29, 0.717) is 0 Å². The Hall–Kier alpha value is -1.81. The Morgan fingerprint density at radius 3 is 2.88 bits per heavy atom. The number of halogens is 2. The van der Waals surface area contributed by atoms with Crippen molar-refractivity contribution in [2.24, 2.45) is 0 Å². The van der Waals surface area contributed by atoms with Crippen LogP contribution in [0.5, 0.6) is 0 Å². The first kappa shape index (κ1) is 11.7. The molecule has 0 aliphatic carbocycles. The summed E-state index contributed by atoms with van der Waals surface area (Å²) in [7, 11) is 0. The van der Waals surface area contributed by atoms with Crippen LogP contribution < -0.4 is 5.32 Å². The number of carbonyl (C=O) groups excluding carboxylic acids is 1. The highest BCUT2D eigenvalue weighted by Crippen LogP contribution is 2.14. The molecule has 1 aromatic carbocycles. The molecule has 1 aromatic heterocycles. The van der Waals surface area contributed by atoms with E-state index < -0.39 is 11.7 Å². The summed E-state index contributed by atoms with van der Waals surface area (Å²) in [6.07, 6.45) is 3.02. The van der Waals surface area contributed by atoms with Crippen molar-refractivity contribution >= 4 is 17.5 Å². The van der Waals surface area contributed by atoms with E-state index in [1.54, 1.807) is 6.07 Å². The smallest absolute Gasteiger partial charge is 0.254 e. The molecule has 0 spiro atoms. The number of furan rings is 1. The maximum absolute atomic E-state index is 13.4. The summed E-state index contributed by atoms with van der Waals surface area (Å²) >= 11 is 5.60. The maximum Gasteiger partial charge on any atom is 0.254 e. The zero-order valence-corrected chi connectivity index (χ0v) is 9.50. The third-order valence-corrected chi connectivity index (χ3v) is 2.44. The summed E-state index contributed by atoms with van der Waals surface area (Å²) in [5.41, 5.74) is 0.783. The molecule has 1 amide bonds. The first-order chi connectivity index (χ1) is 8.16. The molecule has 0 saturated heterocycles. The number of amides is 1. The van der Waals surface area contributed by atoms with Gasteiger partial charge in [0.1, 0.15) is 5.82 Å². The molecule has 1 heterocycles. The van der Waals surface area contributed by atoms with Crippen LogP contribution in [0.1, 0.15) is 15.9 Å². The van der Waals surface area contributed by atoms with E-state index in [9.17, 15) is 9.18 Å². The second-order valence-corrected chi connectivity index (χ2v) is 3.87. The van der Waals surface area contributed by atoms with Gasteiger partial charge in [0.15, 0.2) is 0 Å². The molecule has 1 N–H and O–H groups in total. The molecule has 3 nitrogen and oxygen atoms in total. The third-order valence-electron chi connectivity index (χ3n) is 2.21. The highest BCUT2D eigenvalue weighted by molar-refractivity contribution is 6.30.